The number of pyridine rings is 1. The highest BCUT2D eigenvalue weighted by molar-refractivity contribution is 6.33. The van der Waals surface area contributed by atoms with Gasteiger partial charge in [0.2, 0.25) is 0 Å². The van der Waals surface area contributed by atoms with E-state index in [9.17, 15) is 4.39 Å². The van der Waals surface area contributed by atoms with Gasteiger partial charge in [-0.2, -0.15) is 0 Å². The van der Waals surface area contributed by atoms with Crippen LogP contribution in [0.25, 0.3) is 28.0 Å². The van der Waals surface area contributed by atoms with Gasteiger partial charge in [-0.3, -0.25) is 4.57 Å². The van der Waals surface area contributed by atoms with Crippen LogP contribution < -0.4 is 4.74 Å². The van der Waals surface area contributed by atoms with E-state index in [0.717, 1.165) is 22.2 Å². The highest BCUT2D eigenvalue weighted by Crippen LogP contribution is 2.35. The molecule has 0 aliphatic rings. The number of ether oxygens (including phenoxy) is 1. The van der Waals surface area contributed by atoms with Crippen molar-refractivity contribution in [3.8, 4) is 35.0 Å². The van der Waals surface area contributed by atoms with E-state index in [-0.39, 0.29) is 12.4 Å². The molecule has 2 heterocycles. The summed E-state index contributed by atoms with van der Waals surface area (Å²) in [5.41, 5.74) is 4.09. The van der Waals surface area contributed by atoms with Crippen LogP contribution in [-0.2, 0) is 0 Å². The van der Waals surface area contributed by atoms with Gasteiger partial charge in [-0.15, -0.1) is 6.42 Å². The molecule has 0 N–H and O–H groups in total. The molecule has 0 bridgehead atoms. The zero-order valence-corrected chi connectivity index (χ0v) is 15.7. The number of rotatable bonds is 4. The molecule has 0 fully saturated rings. The van der Waals surface area contributed by atoms with E-state index < -0.39 is 0 Å². The second-order valence-electron chi connectivity index (χ2n) is 6.21. The van der Waals surface area contributed by atoms with Crippen LogP contribution >= 0.6 is 11.6 Å². The van der Waals surface area contributed by atoms with Gasteiger partial charge in [-0.25, -0.2) is 14.4 Å². The molecule has 6 heteroatoms. The van der Waals surface area contributed by atoms with Gasteiger partial charge in [0.25, 0.3) is 0 Å². The Morgan fingerprint density at radius 1 is 1.18 bits per heavy atom. The predicted octanol–water partition coefficient (Wildman–Crippen LogP) is 5.20. The summed E-state index contributed by atoms with van der Waals surface area (Å²) in [5, 5.41) is 0.326. The van der Waals surface area contributed by atoms with Gasteiger partial charge >= 0.3 is 0 Å². The van der Waals surface area contributed by atoms with Crippen LogP contribution in [0.1, 0.15) is 5.56 Å². The van der Waals surface area contributed by atoms with E-state index in [4.69, 9.17) is 22.8 Å². The largest absolute Gasteiger partial charge is 0.481 e. The van der Waals surface area contributed by atoms with Crippen LogP contribution in [0.3, 0.4) is 0 Å². The molecule has 28 heavy (non-hydrogen) atoms. The second-order valence-corrected chi connectivity index (χ2v) is 6.62. The number of hydrogen-bond acceptors (Lipinski definition) is 3. The van der Waals surface area contributed by atoms with Gasteiger partial charge in [0.15, 0.2) is 0 Å². The monoisotopic (exact) mass is 391 g/mol. The third kappa shape index (κ3) is 3.19. The first-order valence-electron chi connectivity index (χ1n) is 8.53. The van der Waals surface area contributed by atoms with Crippen molar-refractivity contribution in [3.05, 3.63) is 71.4 Å². The van der Waals surface area contributed by atoms with Crippen LogP contribution in [0.2, 0.25) is 5.02 Å². The van der Waals surface area contributed by atoms with Crippen molar-refractivity contribution in [2.45, 2.75) is 6.92 Å². The predicted molar refractivity (Wildman–Crippen MR) is 108 cm³/mol. The SMILES string of the molecule is C#CCOc1ccc2c(c1)ncn2-c1nccc(C)c1-c1ccc(F)cc1Cl. The smallest absolute Gasteiger partial charge is 0.148 e. The number of aryl methyl sites for hydroxylation is 1. The summed E-state index contributed by atoms with van der Waals surface area (Å²) in [5.74, 6) is 3.36. The van der Waals surface area contributed by atoms with Crippen molar-refractivity contribution in [2.75, 3.05) is 6.61 Å². The van der Waals surface area contributed by atoms with Gasteiger partial charge < -0.3 is 4.74 Å². The molecule has 4 nitrogen and oxygen atoms in total. The molecule has 0 aliphatic heterocycles. The number of benzene rings is 2. The fourth-order valence-corrected chi connectivity index (χ4v) is 3.39. The zero-order valence-electron chi connectivity index (χ0n) is 15.0. The van der Waals surface area contributed by atoms with Gasteiger partial charge in [-0.1, -0.05) is 17.5 Å². The molecule has 0 saturated heterocycles. The van der Waals surface area contributed by atoms with Crippen molar-refractivity contribution >= 4 is 22.6 Å². The topological polar surface area (TPSA) is 39.9 Å². The lowest BCUT2D eigenvalue weighted by Gasteiger charge is -2.14. The molecule has 2 aromatic heterocycles. The minimum atomic E-state index is -0.385. The van der Waals surface area contributed by atoms with Crippen LogP contribution in [-0.4, -0.2) is 21.1 Å². The average molecular weight is 392 g/mol. The highest BCUT2D eigenvalue weighted by atomic mass is 35.5. The quantitative estimate of drug-likeness (QED) is 0.449. The lowest BCUT2D eigenvalue weighted by Crippen LogP contribution is -2.01. The Kier molecular flexibility index (Phi) is 4.72. The van der Waals surface area contributed by atoms with E-state index >= 15 is 0 Å². The summed E-state index contributed by atoms with van der Waals surface area (Å²) in [4.78, 5) is 9.02. The Morgan fingerprint density at radius 3 is 2.82 bits per heavy atom. The maximum absolute atomic E-state index is 13.5. The number of aromatic nitrogens is 3. The van der Waals surface area contributed by atoms with Crippen molar-refractivity contribution in [1.82, 2.24) is 14.5 Å². The molecule has 138 valence electrons. The minimum Gasteiger partial charge on any atom is -0.481 e. The van der Waals surface area contributed by atoms with Crippen LogP contribution in [0.15, 0.2) is 55.0 Å². The van der Waals surface area contributed by atoms with E-state index in [2.05, 4.69) is 15.9 Å². The fourth-order valence-electron chi connectivity index (χ4n) is 3.13. The Balaban J connectivity index is 1.89. The normalized spacial score (nSPS) is 10.8. The highest BCUT2D eigenvalue weighted by Gasteiger charge is 2.17. The molecule has 0 aliphatic carbocycles. The lowest BCUT2D eigenvalue weighted by atomic mass is 10.0. The molecule has 4 rings (SSSR count). The van der Waals surface area contributed by atoms with Gasteiger partial charge in [0.05, 0.1) is 16.1 Å². The summed E-state index contributed by atoms with van der Waals surface area (Å²) in [7, 11) is 0. The Hall–Kier alpha value is -3.36. The molecule has 2 aromatic carbocycles. The number of imidazole rings is 1. The molecular formula is C22H15ClFN3O. The molecule has 4 aromatic rings. The first-order chi connectivity index (χ1) is 13.6. The first kappa shape index (κ1) is 18.0. The minimum absolute atomic E-state index is 0.193. The number of hydrogen-bond donors (Lipinski definition) is 0. The van der Waals surface area contributed by atoms with E-state index in [0.29, 0.717) is 22.2 Å². The standard InChI is InChI=1S/C22H15ClFN3O/c1-3-10-28-16-5-7-20-19(12-16)26-13-27(20)22-21(14(2)8-9-25-22)17-6-4-15(24)11-18(17)23/h1,4-9,11-13H,10H2,2H3. The molecule has 0 spiro atoms. The summed E-state index contributed by atoms with van der Waals surface area (Å²) in [6, 6.07) is 11.8. The molecule has 0 radical (unpaired) electrons. The van der Waals surface area contributed by atoms with Crippen LogP contribution in [0, 0.1) is 25.1 Å². The Morgan fingerprint density at radius 2 is 2.04 bits per heavy atom. The number of fused-ring (bicyclic) bond motifs is 1. The average Bonchev–Trinajstić information content (AvgIpc) is 3.10. The molecule has 0 unspecified atom stereocenters. The Bertz CT molecular complexity index is 1230. The third-order valence-corrected chi connectivity index (χ3v) is 4.72. The van der Waals surface area contributed by atoms with Crippen molar-refractivity contribution in [1.29, 1.82) is 0 Å². The first-order valence-corrected chi connectivity index (χ1v) is 8.91. The summed E-state index contributed by atoms with van der Waals surface area (Å²) in [6.45, 7) is 2.16. The maximum atomic E-state index is 13.5. The van der Waals surface area contributed by atoms with Gasteiger partial charge in [0, 0.05) is 23.4 Å². The van der Waals surface area contributed by atoms with Gasteiger partial charge in [-0.05, 0) is 48.9 Å². The molecule has 0 amide bonds. The van der Waals surface area contributed by atoms with Crippen LogP contribution in [0.5, 0.6) is 5.75 Å². The summed E-state index contributed by atoms with van der Waals surface area (Å²) < 4.78 is 20.9. The van der Waals surface area contributed by atoms with Crippen LogP contribution in [0.4, 0.5) is 4.39 Å². The third-order valence-electron chi connectivity index (χ3n) is 4.41. The maximum Gasteiger partial charge on any atom is 0.148 e. The number of nitrogens with zero attached hydrogens (tertiary/aromatic N) is 3. The molecular weight excluding hydrogens is 377 g/mol. The summed E-state index contributed by atoms with van der Waals surface area (Å²) >= 11 is 6.33. The number of terminal acetylenes is 1. The lowest BCUT2D eigenvalue weighted by molar-refractivity contribution is 0.371. The zero-order chi connectivity index (χ0) is 19.7. The molecule has 0 saturated carbocycles. The number of halogens is 2. The second kappa shape index (κ2) is 7.34. The van der Waals surface area contributed by atoms with Crippen molar-refractivity contribution in [3.63, 3.8) is 0 Å². The van der Waals surface area contributed by atoms with Crippen molar-refractivity contribution < 1.29 is 9.13 Å². The van der Waals surface area contributed by atoms with Crippen molar-refractivity contribution in [2.24, 2.45) is 0 Å². The molecule has 0 atom stereocenters. The summed E-state index contributed by atoms with van der Waals surface area (Å²) in [6.07, 6.45) is 8.66. The van der Waals surface area contributed by atoms with E-state index in [1.807, 2.05) is 35.8 Å². The van der Waals surface area contributed by atoms with E-state index in [1.54, 1.807) is 18.6 Å². The Labute approximate surface area is 166 Å². The fraction of sp³-hybridized carbons (Fsp3) is 0.0909. The van der Waals surface area contributed by atoms with E-state index in [1.165, 1.54) is 12.1 Å². The van der Waals surface area contributed by atoms with Gasteiger partial charge in [0.1, 0.15) is 30.3 Å².